The predicted octanol–water partition coefficient (Wildman–Crippen LogP) is 12.2. The van der Waals surface area contributed by atoms with Crippen molar-refractivity contribution in [2.45, 2.75) is 206 Å². The fourth-order valence-corrected chi connectivity index (χ4v) is 6.74. The summed E-state index contributed by atoms with van der Waals surface area (Å²) in [5, 5.41) is 8.89. The van der Waals surface area contributed by atoms with E-state index in [2.05, 4.69) is 54.8 Å². The van der Waals surface area contributed by atoms with E-state index in [1.807, 2.05) is 12.2 Å². The minimum atomic E-state index is -4.73. The predicted molar refractivity (Wildman–Crippen MR) is 235 cm³/mol. The molecule has 336 valence electrons. The highest BCUT2D eigenvalue weighted by atomic mass is 31.2. The van der Waals surface area contributed by atoms with Gasteiger partial charge in [-0.3, -0.25) is 23.4 Å². The Hall–Kier alpha value is -2.56. The number of phosphoric ester groups is 1. The molecule has 0 saturated carbocycles. The van der Waals surface area contributed by atoms with Gasteiger partial charge in [0.1, 0.15) is 12.6 Å². The normalized spacial score (nSPS) is 14.1. The monoisotopic (exact) mass is 840 g/mol. The Balaban J connectivity index is 4.43. The van der Waals surface area contributed by atoms with Gasteiger partial charge >= 0.3 is 25.7 Å². The Labute approximate surface area is 352 Å². The van der Waals surface area contributed by atoms with E-state index in [1.165, 1.54) is 103 Å². The van der Waals surface area contributed by atoms with Gasteiger partial charge in [0.2, 0.25) is 0 Å². The summed E-state index contributed by atoms with van der Waals surface area (Å²) < 4.78 is 32.7. The van der Waals surface area contributed by atoms with E-state index in [1.54, 1.807) is 0 Å². The van der Waals surface area contributed by atoms with E-state index in [4.69, 9.17) is 24.8 Å². The maximum atomic E-state index is 12.6. The van der Waals surface area contributed by atoms with Gasteiger partial charge in [0.25, 0.3) is 0 Å². The molecule has 0 fully saturated rings. The number of hydrogen-bond donors (Lipinski definition) is 3. The summed E-state index contributed by atoms with van der Waals surface area (Å²) in [5.41, 5.74) is 5.33. The minimum absolute atomic E-state index is 0.0880. The largest absolute Gasteiger partial charge is 0.480 e. The molecule has 0 bridgehead atoms. The van der Waals surface area contributed by atoms with Crippen LogP contribution in [0.1, 0.15) is 194 Å². The van der Waals surface area contributed by atoms with E-state index in [9.17, 15) is 23.8 Å². The smallest absolute Gasteiger partial charge is 0.472 e. The summed E-state index contributed by atoms with van der Waals surface area (Å²) in [5.74, 6) is -2.45. The summed E-state index contributed by atoms with van der Waals surface area (Å²) in [4.78, 5) is 46.0. The molecule has 4 N–H and O–H groups in total. The lowest BCUT2D eigenvalue weighted by molar-refractivity contribution is -0.161. The van der Waals surface area contributed by atoms with Gasteiger partial charge in [-0.2, -0.15) is 0 Å². The first-order chi connectivity index (χ1) is 28.1. The number of rotatable bonds is 42. The topological polar surface area (TPSA) is 172 Å². The lowest BCUT2D eigenvalue weighted by Crippen LogP contribution is -2.34. The average molecular weight is 840 g/mol. The average Bonchev–Trinajstić information content (AvgIpc) is 3.20. The SMILES string of the molecule is CCCCCCCC/C=C\C/C=C\C/C=C\CCCC(=O)O[C@H](COC(=O)CCCCCCCCC/C=C\CCCCCCCC)COP(=O)(O)OC[C@H](N)C(=O)O. The van der Waals surface area contributed by atoms with Crippen LogP contribution in [0.15, 0.2) is 48.6 Å². The fraction of sp³-hybridized carbons (Fsp3) is 0.761. The molecule has 0 radical (unpaired) electrons. The molecular formula is C46H82NO10P. The third kappa shape index (κ3) is 40.2. The van der Waals surface area contributed by atoms with Crippen molar-refractivity contribution in [1.82, 2.24) is 0 Å². The van der Waals surface area contributed by atoms with Gasteiger partial charge < -0.3 is 25.2 Å². The van der Waals surface area contributed by atoms with Crippen molar-refractivity contribution in [3.05, 3.63) is 48.6 Å². The third-order valence-corrected chi connectivity index (χ3v) is 10.5. The summed E-state index contributed by atoms with van der Waals surface area (Å²) >= 11 is 0. The number of ether oxygens (including phenoxy) is 2. The van der Waals surface area contributed by atoms with E-state index < -0.39 is 51.1 Å². The quantitative estimate of drug-likeness (QED) is 0.0231. The first kappa shape index (κ1) is 55.4. The van der Waals surface area contributed by atoms with E-state index in [0.29, 0.717) is 19.3 Å². The van der Waals surface area contributed by atoms with Crippen LogP contribution in [0.5, 0.6) is 0 Å². The zero-order valence-electron chi connectivity index (χ0n) is 36.4. The van der Waals surface area contributed by atoms with Crippen molar-refractivity contribution >= 4 is 25.7 Å². The highest BCUT2D eigenvalue weighted by molar-refractivity contribution is 7.47. The van der Waals surface area contributed by atoms with Crippen molar-refractivity contribution in [2.75, 3.05) is 19.8 Å². The summed E-state index contributed by atoms with van der Waals surface area (Å²) in [6, 6.07) is -1.53. The molecule has 0 heterocycles. The molecule has 0 aliphatic heterocycles. The van der Waals surface area contributed by atoms with Crippen molar-refractivity contribution in [3.63, 3.8) is 0 Å². The van der Waals surface area contributed by atoms with Gasteiger partial charge in [-0.1, -0.05) is 159 Å². The van der Waals surface area contributed by atoms with Crippen LogP contribution in [-0.4, -0.2) is 59.9 Å². The summed E-state index contributed by atoms with van der Waals surface area (Å²) in [6.45, 7) is 2.74. The number of carboxylic acid groups (broad SMARTS) is 1. The van der Waals surface area contributed by atoms with Gasteiger partial charge in [0.05, 0.1) is 13.2 Å². The van der Waals surface area contributed by atoms with Gasteiger partial charge in [0, 0.05) is 12.8 Å². The van der Waals surface area contributed by atoms with Gasteiger partial charge in [-0.05, 0) is 70.6 Å². The van der Waals surface area contributed by atoms with Gasteiger partial charge in [-0.25, -0.2) is 4.57 Å². The third-order valence-electron chi connectivity index (χ3n) is 9.55. The first-order valence-electron chi connectivity index (χ1n) is 22.7. The van der Waals surface area contributed by atoms with Crippen molar-refractivity contribution < 1.29 is 47.5 Å². The maximum Gasteiger partial charge on any atom is 0.472 e. The molecule has 0 saturated heterocycles. The number of phosphoric acid groups is 1. The molecule has 0 amide bonds. The van der Waals surface area contributed by atoms with Crippen LogP contribution in [0.4, 0.5) is 0 Å². The number of carboxylic acids is 1. The van der Waals surface area contributed by atoms with Crippen LogP contribution in [0, 0.1) is 0 Å². The Bertz CT molecular complexity index is 1170. The lowest BCUT2D eigenvalue weighted by Gasteiger charge is -2.20. The van der Waals surface area contributed by atoms with Crippen molar-refractivity contribution in [2.24, 2.45) is 5.73 Å². The molecule has 0 aromatic heterocycles. The second-order valence-electron chi connectivity index (χ2n) is 15.2. The summed E-state index contributed by atoms with van der Waals surface area (Å²) in [6.07, 6.45) is 46.1. The molecule has 3 atom stereocenters. The maximum absolute atomic E-state index is 12.6. The van der Waals surface area contributed by atoms with Crippen LogP contribution in [-0.2, 0) is 37.5 Å². The minimum Gasteiger partial charge on any atom is -0.480 e. The van der Waals surface area contributed by atoms with E-state index in [0.717, 1.165) is 44.9 Å². The molecule has 0 aliphatic rings. The highest BCUT2D eigenvalue weighted by Gasteiger charge is 2.28. The van der Waals surface area contributed by atoms with Gasteiger partial charge in [-0.15, -0.1) is 0 Å². The van der Waals surface area contributed by atoms with Crippen LogP contribution in [0.3, 0.4) is 0 Å². The second-order valence-corrected chi connectivity index (χ2v) is 16.6. The molecule has 0 spiro atoms. The Morgan fingerprint density at radius 3 is 1.43 bits per heavy atom. The Morgan fingerprint density at radius 2 is 0.931 bits per heavy atom. The van der Waals surface area contributed by atoms with E-state index >= 15 is 0 Å². The lowest BCUT2D eigenvalue weighted by atomic mass is 10.1. The van der Waals surface area contributed by atoms with Gasteiger partial charge in [0.15, 0.2) is 6.10 Å². The fourth-order valence-electron chi connectivity index (χ4n) is 5.96. The van der Waals surface area contributed by atoms with E-state index in [-0.39, 0.29) is 19.4 Å². The van der Waals surface area contributed by atoms with Crippen LogP contribution < -0.4 is 5.73 Å². The molecule has 0 aliphatic carbocycles. The Kier molecular flexibility index (Phi) is 39.4. The van der Waals surface area contributed by atoms with Crippen LogP contribution in [0.2, 0.25) is 0 Å². The Morgan fingerprint density at radius 1 is 0.534 bits per heavy atom. The van der Waals surface area contributed by atoms with Crippen LogP contribution >= 0.6 is 7.82 Å². The molecule has 1 unspecified atom stereocenters. The number of aliphatic carboxylic acids is 1. The van der Waals surface area contributed by atoms with Crippen molar-refractivity contribution in [1.29, 1.82) is 0 Å². The molecule has 0 aromatic rings. The second kappa shape index (κ2) is 41.2. The number of carbonyl (C=O) groups excluding carboxylic acids is 2. The molecule has 0 rings (SSSR count). The highest BCUT2D eigenvalue weighted by Crippen LogP contribution is 2.43. The standard InChI is InChI=1S/C46H82NO10P/c1-3-5-7-9-11-13-15-17-19-21-23-25-27-29-31-33-35-37-44(48)54-39-42(40-55-58(52,53)56-41-43(47)46(50)51)57-45(49)38-36-34-32-30-28-26-24-22-20-18-16-14-12-10-8-6-4-2/h17-20,24,26,30,32,42-43H,3-16,21-23,25,27-29,31,33-41,47H2,1-2H3,(H,50,51)(H,52,53)/b19-17-,20-18-,26-24-,32-30-/t42-,43+/m1/s1. The zero-order valence-corrected chi connectivity index (χ0v) is 37.3. The molecular weight excluding hydrogens is 757 g/mol. The number of hydrogen-bond acceptors (Lipinski definition) is 9. The first-order valence-corrected chi connectivity index (χ1v) is 24.2. The molecule has 0 aromatic carbocycles. The molecule has 12 heteroatoms. The number of nitrogens with two attached hydrogens (primary N) is 1. The zero-order chi connectivity index (χ0) is 42.8. The summed E-state index contributed by atoms with van der Waals surface area (Å²) in [7, 11) is -4.73. The number of unbranched alkanes of at least 4 members (excludes halogenated alkanes) is 20. The van der Waals surface area contributed by atoms with Crippen molar-refractivity contribution in [3.8, 4) is 0 Å². The number of carbonyl (C=O) groups is 3. The molecule has 58 heavy (non-hydrogen) atoms. The number of allylic oxidation sites excluding steroid dienone is 8. The number of esters is 2. The van der Waals surface area contributed by atoms with Crippen LogP contribution in [0.25, 0.3) is 0 Å². The molecule has 11 nitrogen and oxygen atoms in total.